The number of aromatic nitrogens is 3. The van der Waals surface area contributed by atoms with E-state index in [4.69, 9.17) is 0 Å². The Hall–Kier alpha value is -3.55. The fourth-order valence-corrected chi connectivity index (χ4v) is 2.12. The van der Waals surface area contributed by atoms with Crippen LogP contribution >= 0.6 is 0 Å². The number of aromatic amines is 1. The monoisotopic (exact) mass is 339 g/mol. The zero-order valence-corrected chi connectivity index (χ0v) is 13.0. The third-order valence-electron chi connectivity index (χ3n) is 3.35. The van der Waals surface area contributed by atoms with E-state index in [0.29, 0.717) is 5.82 Å². The van der Waals surface area contributed by atoms with Crippen molar-refractivity contribution < 1.29 is 14.0 Å². The lowest BCUT2D eigenvalue weighted by atomic mass is 10.2. The summed E-state index contributed by atoms with van der Waals surface area (Å²) in [5.41, 5.74) is 1.88. The molecule has 0 aliphatic rings. The van der Waals surface area contributed by atoms with E-state index >= 15 is 0 Å². The lowest BCUT2D eigenvalue weighted by Crippen LogP contribution is -2.32. The van der Waals surface area contributed by atoms with Crippen LogP contribution in [0.1, 0.15) is 10.4 Å². The molecule has 0 spiro atoms. The minimum atomic E-state index is -0.463. The summed E-state index contributed by atoms with van der Waals surface area (Å²) in [5.74, 6) is -0.983. The van der Waals surface area contributed by atoms with Crippen LogP contribution in [-0.4, -0.2) is 33.5 Å². The van der Waals surface area contributed by atoms with Gasteiger partial charge in [-0.2, -0.15) is 5.10 Å². The molecule has 3 N–H and O–H groups in total. The summed E-state index contributed by atoms with van der Waals surface area (Å²) in [7, 11) is 0. The molecule has 0 saturated carbocycles. The second-order valence-corrected chi connectivity index (χ2v) is 5.14. The summed E-state index contributed by atoms with van der Waals surface area (Å²) < 4.78 is 12.8. The Morgan fingerprint density at radius 1 is 1.08 bits per heavy atom. The number of pyridine rings is 1. The van der Waals surface area contributed by atoms with Crippen LogP contribution in [0.15, 0.2) is 54.9 Å². The van der Waals surface area contributed by atoms with Crippen LogP contribution in [0, 0.1) is 5.82 Å². The molecule has 0 radical (unpaired) electrons. The topological polar surface area (TPSA) is 99.8 Å². The lowest BCUT2D eigenvalue weighted by molar-refractivity contribution is -0.115. The molecule has 2 aromatic heterocycles. The Kier molecular flexibility index (Phi) is 4.79. The molecule has 0 aliphatic carbocycles. The van der Waals surface area contributed by atoms with Crippen molar-refractivity contribution in [2.75, 3.05) is 11.9 Å². The third-order valence-corrected chi connectivity index (χ3v) is 3.35. The van der Waals surface area contributed by atoms with Gasteiger partial charge in [-0.05, 0) is 36.4 Å². The van der Waals surface area contributed by atoms with Crippen LogP contribution < -0.4 is 10.6 Å². The standard InChI is InChI=1S/C17H14FN5O2/c18-13-3-1-12(2-4-13)17(25)20-10-16(24)21-15-9-14(22-23-15)11-5-7-19-8-6-11/h1-9H,10H2,(H,20,25)(H2,21,22,23,24). The molecule has 7 nitrogen and oxygen atoms in total. The number of anilines is 1. The van der Waals surface area contributed by atoms with Crippen LogP contribution in [0.3, 0.4) is 0 Å². The summed E-state index contributed by atoms with van der Waals surface area (Å²) >= 11 is 0. The number of nitrogens with zero attached hydrogens (tertiary/aromatic N) is 2. The highest BCUT2D eigenvalue weighted by atomic mass is 19.1. The van der Waals surface area contributed by atoms with Gasteiger partial charge in [0.2, 0.25) is 5.91 Å². The number of hydrogen-bond acceptors (Lipinski definition) is 4. The average Bonchev–Trinajstić information content (AvgIpc) is 3.09. The maximum absolute atomic E-state index is 12.8. The normalized spacial score (nSPS) is 10.3. The number of benzene rings is 1. The molecule has 2 heterocycles. The minimum Gasteiger partial charge on any atom is -0.343 e. The van der Waals surface area contributed by atoms with Crippen molar-refractivity contribution >= 4 is 17.6 Å². The highest BCUT2D eigenvalue weighted by Crippen LogP contribution is 2.18. The van der Waals surface area contributed by atoms with E-state index in [-0.39, 0.29) is 12.1 Å². The van der Waals surface area contributed by atoms with Crippen molar-refractivity contribution in [3.05, 3.63) is 66.2 Å². The summed E-state index contributed by atoms with van der Waals surface area (Å²) in [6.45, 7) is -0.229. The molecule has 0 unspecified atom stereocenters. The molecule has 0 bridgehead atoms. The predicted octanol–water partition coefficient (Wildman–Crippen LogP) is 1.98. The lowest BCUT2D eigenvalue weighted by Gasteiger charge is -2.05. The van der Waals surface area contributed by atoms with Gasteiger partial charge >= 0.3 is 0 Å². The van der Waals surface area contributed by atoms with Gasteiger partial charge in [0.05, 0.1) is 12.2 Å². The summed E-state index contributed by atoms with van der Waals surface area (Å²) in [6.07, 6.45) is 3.30. The molecule has 2 amide bonds. The van der Waals surface area contributed by atoms with Crippen molar-refractivity contribution in [1.82, 2.24) is 20.5 Å². The van der Waals surface area contributed by atoms with Crippen LogP contribution in [-0.2, 0) is 4.79 Å². The first-order valence-electron chi connectivity index (χ1n) is 7.41. The van der Waals surface area contributed by atoms with Gasteiger partial charge in [-0.25, -0.2) is 4.39 Å². The summed E-state index contributed by atoms with van der Waals surface area (Å²) in [5, 5.41) is 11.8. The average molecular weight is 339 g/mol. The van der Waals surface area contributed by atoms with Gasteiger partial charge in [-0.1, -0.05) is 0 Å². The van der Waals surface area contributed by atoms with Gasteiger partial charge in [0, 0.05) is 29.6 Å². The number of nitrogens with one attached hydrogen (secondary N) is 3. The van der Waals surface area contributed by atoms with Gasteiger partial charge in [0.15, 0.2) is 5.82 Å². The van der Waals surface area contributed by atoms with E-state index in [9.17, 15) is 14.0 Å². The number of carbonyl (C=O) groups is 2. The molecular formula is C17H14FN5O2. The minimum absolute atomic E-state index is 0.229. The van der Waals surface area contributed by atoms with Gasteiger partial charge < -0.3 is 10.6 Å². The van der Waals surface area contributed by atoms with Crippen molar-refractivity contribution in [3.8, 4) is 11.3 Å². The second-order valence-electron chi connectivity index (χ2n) is 5.14. The predicted molar refractivity (Wildman–Crippen MR) is 89.2 cm³/mol. The number of carbonyl (C=O) groups excluding carboxylic acids is 2. The first-order valence-corrected chi connectivity index (χ1v) is 7.41. The fourth-order valence-electron chi connectivity index (χ4n) is 2.12. The fraction of sp³-hybridized carbons (Fsp3) is 0.0588. The van der Waals surface area contributed by atoms with Gasteiger partial charge in [-0.3, -0.25) is 19.7 Å². The largest absolute Gasteiger partial charge is 0.343 e. The van der Waals surface area contributed by atoms with Crippen molar-refractivity contribution in [2.24, 2.45) is 0 Å². The first-order chi connectivity index (χ1) is 12.1. The van der Waals surface area contributed by atoms with E-state index in [1.165, 1.54) is 24.3 Å². The highest BCUT2D eigenvalue weighted by molar-refractivity contribution is 5.99. The summed E-state index contributed by atoms with van der Waals surface area (Å²) in [6, 6.07) is 10.3. The molecule has 3 aromatic rings. The molecule has 25 heavy (non-hydrogen) atoms. The highest BCUT2D eigenvalue weighted by Gasteiger charge is 2.10. The van der Waals surface area contributed by atoms with Gasteiger partial charge in [0.25, 0.3) is 5.91 Å². The van der Waals surface area contributed by atoms with Crippen molar-refractivity contribution in [2.45, 2.75) is 0 Å². The Bertz CT molecular complexity index is 878. The van der Waals surface area contributed by atoms with Crippen LogP contribution in [0.25, 0.3) is 11.3 Å². The van der Waals surface area contributed by atoms with E-state index < -0.39 is 17.6 Å². The quantitative estimate of drug-likeness (QED) is 0.662. The molecule has 3 rings (SSSR count). The number of amides is 2. The maximum Gasteiger partial charge on any atom is 0.251 e. The summed E-state index contributed by atoms with van der Waals surface area (Å²) in [4.78, 5) is 27.7. The van der Waals surface area contributed by atoms with Crippen molar-refractivity contribution in [1.29, 1.82) is 0 Å². The molecule has 1 aromatic carbocycles. The van der Waals surface area contributed by atoms with E-state index in [1.807, 2.05) is 12.1 Å². The molecular weight excluding hydrogens is 325 g/mol. The third kappa shape index (κ3) is 4.25. The Labute approximate surface area is 142 Å². The molecule has 0 aliphatic heterocycles. The SMILES string of the molecule is O=C(CNC(=O)c1ccc(F)cc1)Nc1cc(-c2ccncc2)[nH]n1. The zero-order chi connectivity index (χ0) is 17.6. The molecule has 0 saturated heterocycles. The van der Waals surface area contributed by atoms with E-state index in [2.05, 4.69) is 25.8 Å². The van der Waals surface area contributed by atoms with E-state index in [0.717, 1.165) is 11.3 Å². The molecule has 0 atom stereocenters. The first kappa shape index (κ1) is 16.3. The van der Waals surface area contributed by atoms with Gasteiger partial charge in [-0.15, -0.1) is 0 Å². The Balaban J connectivity index is 1.54. The number of rotatable bonds is 5. The number of halogens is 1. The van der Waals surface area contributed by atoms with Crippen molar-refractivity contribution in [3.63, 3.8) is 0 Å². The number of H-pyrrole nitrogens is 1. The second kappa shape index (κ2) is 7.35. The van der Waals surface area contributed by atoms with E-state index in [1.54, 1.807) is 18.5 Å². The molecule has 8 heteroatoms. The Morgan fingerprint density at radius 2 is 1.80 bits per heavy atom. The zero-order valence-electron chi connectivity index (χ0n) is 13.0. The molecule has 126 valence electrons. The molecule has 0 fully saturated rings. The number of hydrogen-bond donors (Lipinski definition) is 3. The van der Waals surface area contributed by atoms with Gasteiger partial charge in [0.1, 0.15) is 5.82 Å². The smallest absolute Gasteiger partial charge is 0.251 e. The maximum atomic E-state index is 12.8. The van der Waals surface area contributed by atoms with Crippen LogP contribution in [0.2, 0.25) is 0 Å². The van der Waals surface area contributed by atoms with Crippen LogP contribution in [0.5, 0.6) is 0 Å². The van der Waals surface area contributed by atoms with Crippen LogP contribution in [0.4, 0.5) is 10.2 Å². The Morgan fingerprint density at radius 3 is 2.52 bits per heavy atom.